The Labute approximate surface area is 176 Å². The molecule has 1 saturated carbocycles. The molecule has 1 aliphatic carbocycles. The Balaban J connectivity index is 1.66. The van der Waals surface area contributed by atoms with Gasteiger partial charge in [-0.3, -0.25) is 4.31 Å². The molecule has 0 amide bonds. The summed E-state index contributed by atoms with van der Waals surface area (Å²) >= 11 is 0. The maximum Gasteiger partial charge on any atom is 0.270 e. The topological polar surface area (TPSA) is 85.5 Å². The number of ether oxygens (including phenoxy) is 1. The van der Waals surface area contributed by atoms with E-state index in [1.54, 1.807) is 0 Å². The fourth-order valence-corrected chi connectivity index (χ4v) is 4.89. The molecule has 1 aromatic heterocycles. The van der Waals surface area contributed by atoms with E-state index < -0.39 is 16.0 Å². The summed E-state index contributed by atoms with van der Waals surface area (Å²) in [6.45, 7) is 0. The number of pyridine rings is 1. The molecule has 0 atom stereocenters. The number of anilines is 1. The lowest BCUT2D eigenvalue weighted by Gasteiger charge is -2.38. The molecule has 0 radical (unpaired) electrons. The Kier molecular flexibility index (Phi) is 4.34. The molecule has 2 aromatic carbocycles. The zero-order valence-corrected chi connectivity index (χ0v) is 17.5. The molecule has 0 saturated heterocycles. The normalized spacial score (nSPS) is 18.8. The Morgan fingerprint density at radius 3 is 2.37 bits per heavy atom. The third-order valence-electron chi connectivity index (χ3n) is 6.13. The van der Waals surface area contributed by atoms with Crippen LogP contribution in [0.15, 0.2) is 60.7 Å². The average Bonchev–Trinajstić information content (AvgIpc) is 2.75. The van der Waals surface area contributed by atoms with Crippen LogP contribution in [0, 0.1) is 0 Å². The average molecular weight is 422 g/mol. The molecule has 0 unspecified atom stereocenters. The van der Waals surface area contributed by atoms with Crippen molar-refractivity contribution in [3.8, 4) is 28.3 Å². The van der Waals surface area contributed by atoms with Crippen LogP contribution in [-0.4, -0.2) is 26.4 Å². The van der Waals surface area contributed by atoms with Gasteiger partial charge in [-0.2, -0.15) is 0 Å². The molecular formula is C23H23N3O3S. The zero-order chi connectivity index (χ0) is 20.9. The second-order valence-corrected chi connectivity index (χ2v) is 9.95. The minimum Gasteiger partial charge on any atom is -0.458 e. The van der Waals surface area contributed by atoms with Gasteiger partial charge in [0.05, 0.1) is 5.69 Å². The number of nitrogens with zero attached hydrogens (tertiary/aromatic N) is 2. The van der Waals surface area contributed by atoms with Crippen LogP contribution in [0.2, 0.25) is 0 Å². The number of hydrogen-bond acceptors (Lipinski definition) is 5. The first kappa shape index (κ1) is 19.1. The van der Waals surface area contributed by atoms with Crippen LogP contribution in [0.3, 0.4) is 0 Å². The van der Waals surface area contributed by atoms with Crippen molar-refractivity contribution in [2.75, 3.05) is 17.3 Å². The zero-order valence-electron chi connectivity index (χ0n) is 16.7. The molecule has 6 nitrogen and oxygen atoms in total. The van der Waals surface area contributed by atoms with Gasteiger partial charge in [0.2, 0.25) is 11.8 Å². The second kappa shape index (κ2) is 6.82. The molecule has 1 fully saturated rings. The summed E-state index contributed by atoms with van der Waals surface area (Å²) in [5, 5.41) is 0. The van der Waals surface area contributed by atoms with Crippen molar-refractivity contribution in [3.63, 3.8) is 0 Å². The van der Waals surface area contributed by atoms with Gasteiger partial charge in [-0.05, 0) is 36.5 Å². The van der Waals surface area contributed by atoms with Gasteiger partial charge in [0, 0.05) is 23.7 Å². The highest BCUT2D eigenvalue weighted by Gasteiger charge is 2.34. The molecule has 154 valence electrons. The van der Waals surface area contributed by atoms with Gasteiger partial charge in [-0.15, -0.1) is 0 Å². The Morgan fingerprint density at radius 2 is 1.73 bits per heavy atom. The number of hydrogen-bond donors (Lipinski definition) is 1. The van der Waals surface area contributed by atoms with Gasteiger partial charge in [0.25, 0.3) is 10.0 Å². The van der Waals surface area contributed by atoms with Crippen LogP contribution in [0.4, 0.5) is 5.69 Å². The number of benzene rings is 2. The summed E-state index contributed by atoms with van der Waals surface area (Å²) in [5.41, 5.74) is 11.3. The third-order valence-corrected chi connectivity index (χ3v) is 7.58. The van der Waals surface area contributed by atoms with Crippen LogP contribution >= 0.6 is 0 Å². The number of nitrogens with two attached hydrogens (primary N) is 1. The summed E-state index contributed by atoms with van der Waals surface area (Å²) in [5.74, 6) is -0.0946. The van der Waals surface area contributed by atoms with E-state index in [9.17, 15) is 8.42 Å². The minimum absolute atomic E-state index is 0.218. The smallest absolute Gasteiger partial charge is 0.270 e. The maximum atomic E-state index is 12.3. The lowest BCUT2D eigenvalue weighted by Crippen LogP contribution is -2.43. The van der Waals surface area contributed by atoms with Gasteiger partial charge in [0.15, 0.2) is 0 Å². The summed E-state index contributed by atoms with van der Waals surface area (Å²) in [7, 11) is -1.98. The van der Waals surface area contributed by atoms with Crippen LogP contribution in [0.5, 0.6) is 5.88 Å². The first-order valence-corrected chi connectivity index (χ1v) is 11.6. The van der Waals surface area contributed by atoms with E-state index in [4.69, 9.17) is 15.5 Å². The maximum absolute atomic E-state index is 12.3. The highest BCUT2D eigenvalue weighted by molar-refractivity contribution is 7.92. The van der Waals surface area contributed by atoms with Gasteiger partial charge in [0.1, 0.15) is 5.69 Å². The van der Waals surface area contributed by atoms with E-state index in [0.29, 0.717) is 11.6 Å². The molecule has 1 aliphatic heterocycles. The van der Waals surface area contributed by atoms with E-state index >= 15 is 0 Å². The summed E-state index contributed by atoms with van der Waals surface area (Å²) in [6.07, 6.45) is 3.18. The first-order chi connectivity index (χ1) is 14.4. The van der Waals surface area contributed by atoms with E-state index in [-0.39, 0.29) is 5.54 Å². The number of sulfonamides is 1. The largest absolute Gasteiger partial charge is 0.458 e. The van der Waals surface area contributed by atoms with E-state index in [0.717, 1.165) is 47.2 Å². The van der Waals surface area contributed by atoms with Crippen LogP contribution in [0.25, 0.3) is 22.4 Å². The lowest BCUT2D eigenvalue weighted by molar-refractivity contribution is 0.253. The SMILES string of the molecule is CN1c2cc(-c3ccccc3)c(-c3ccc(C4(N)CCC4)cc3)nc2OCS1(=O)=O. The van der Waals surface area contributed by atoms with E-state index in [1.165, 1.54) is 11.4 Å². The lowest BCUT2D eigenvalue weighted by atomic mass is 9.72. The van der Waals surface area contributed by atoms with Gasteiger partial charge >= 0.3 is 0 Å². The number of aromatic nitrogens is 1. The van der Waals surface area contributed by atoms with Crippen molar-refractivity contribution >= 4 is 15.7 Å². The molecule has 2 heterocycles. The molecular weight excluding hydrogens is 398 g/mol. The fraction of sp³-hybridized carbons (Fsp3) is 0.261. The summed E-state index contributed by atoms with van der Waals surface area (Å²) < 4.78 is 31.3. The minimum atomic E-state index is -3.51. The second-order valence-electron chi connectivity index (χ2n) is 8.00. The fourth-order valence-electron chi connectivity index (χ4n) is 4.04. The van der Waals surface area contributed by atoms with Crippen LogP contribution < -0.4 is 14.8 Å². The molecule has 2 N–H and O–H groups in total. The highest BCUT2D eigenvalue weighted by Crippen LogP contribution is 2.42. The number of rotatable bonds is 3. The molecule has 3 aromatic rings. The molecule has 0 spiro atoms. The van der Waals surface area contributed by atoms with E-state index in [1.807, 2.05) is 48.5 Å². The van der Waals surface area contributed by atoms with Crippen molar-refractivity contribution in [3.05, 3.63) is 66.2 Å². The monoisotopic (exact) mass is 421 g/mol. The molecule has 30 heavy (non-hydrogen) atoms. The highest BCUT2D eigenvalue weighted by atomic mass is 32.2. The first-order valence-electron chi connectivity index (χ1n) is 9.97. The van der Waals surface area contributed by atoms with Crippen molar-refractivity contribution in [1.29, 1.82) is 0 Å². The molecule has 2 aliphatic rings. The molecule has 0 bridgehead atoms. The number of fused-ring (bicyclic) bond motifs is 1. The Bertz CT molecular complexity index is 1200. The van der Waals surface area contributed by atoms with Crippen LogP contribution in [-0.2, 0) is 15.6 Å². The predicted octanol–water partition coefficient (Wildman–Crippen LogP) is 3.87. The Hall–Kier alpha value is -2.90. The van der Waals surface area contributed by atoms with Gasteiger partial charge < -0.3 is 10.5 Å². The predicted molar refractivity (Wildman–Crippen MR) is 118 cm³/mol. The van der Waals surface area contributed by atoms with Gasteiger partial charge in [-0.25, -0.2) is 13.4 Å². The molecule has 5 rings (SSSR count). The van der Waals surface area contributed by atoms with Crippen molar-refractivity contribution in [1.82, 2.24) is 4.98 Å². The van der Waals surface area contributed by atoms with Gasteiger partial charge in [-0.1, -0.05) is 54.6 Å². The summed E-state index contributed by atoms with van der Waals surface area (Å²) in [4.78, 5) is 4.74. The quantitative estimate of drug-likeness (QED) is 0.694. The summed E-state index contributed by atoms with van der Waals surface area (Å²) in [6, 6.07) is 19.9. The standard InChI is InChI=1S/C23H23N3O3S/c1-26-20-14-19(16-6-3-2-4-7-16)21(25-22(20)29-15-30(26,27)28)17-8-10-18(11-9-17)23(24)12-5-13-23/h2-4,6-11,14H,5,12-13,15,24H2,1H3. The third kappa shape index (κ3) is 3.05. The van der Waals surface area contributed by atoms with E-state index in [2.05, 4.69) is 12.1 Å². The van der Waals surface area contributed by atoms with Crippen molar-refractivity contribution < 1.29 is 13.2 Å². The Morgan fingerprint density at radius 1 is 1.03 bits per heavy atom. The van der Waals surface area contributed by atoms with Crippen molar-refractivity contribution in [2.24, 2.45) is 5.73 Å². The van der Waals surface area contributed by atoms with Crippen LogP contribution in [0.1, 0.15) is 24.8 Å². The van der Waals surface area contributed by atoms with Crippen molar-refractivity contribution in [2.45, 2.75) is 24.8 Å². The molecule has 7 heteroatoms.